The van der Waals surface area contributed by atoms with Crippen LogP contribution in [0.15, 0.2) is 60.7 Å². The number of carbonyl (C=O) groups is 3. The highest BCUT2D eigenvalue weighted by atomic mass is 35.6. The smallest absolute Gasteiger partial charge is 0.338 e. The summed E-state index contributed by atoms with van der Waals surface area (Å²) in [6.45, 7) is 1.50. The summed E-state index contributed by atoms with van der Waals surface area (Å²) >= 11 is 22.8. The number of halogens is 4. The second-order valence-corrected chi connectivity index (χ2v) is 10.3. The SMILES string of the molecule is C[C@@H]1O[C@@H](OC(=N)C(Cl)(Cl)Cl)[C@H](OC(=O)CCl)[C@H](OC(=O)c2ccccc2)[C@H]1OC(=O)c1ccccc1. The van der Waals surface area contributed by atoms with E-state index in [0.29, 0.717) is 0 Å². The van der Waals surface area contributed by atoms with E-state index in [2.05, 4.69) is 0 Å². The van der Waals surface area contributed by atoms with Crippen LogP contribution in [-0.2, 0) is 28.5 Å². The molecule has 2 aromatic carbocycles. The first-order chi connectivity index (χ1) is 17.5. The van der Waals surface area contributed by atoms with E-state index in [-0.39, 0.29) is 11.1 Å². The van der Waals surface area contributed by atoms with Gasteiger partial charge in [-0.15, -0.1) is 11.6 Å². The van der Waals surface area contributed by atoms with Gasteiger partial charge in [-0.2, -0.15) is 0 Å². The van der Waals surface area contributed by atoms with E-state index in [0.717, 1.165) is 0 Å². The first kappa shape index (κ1) is 29.0. The zero-order valence-corrected chi connectivity index (χ0v) is 22.2. The van der Waals surface area contributed by atoms with E-state index >= 15 is 0 Å². The summed E-state index contributed by atoms with van der Waals surface area (Å²) in [4.78, 5) is 38.1. The number of rotatable bonds is 7. The van der Waals surface area contributed by atoms with Gasteiger partial charge < -0.3 is 23.7 Å². The van der Waals surface area contributed by atoms with Crippen LogP contribution in [0.5, 0.6) is 0 Å². The number of carbonyl (C=O) groups excluding carboxylic acids is 3. The number of nitrogens with one attached hydrogen (secondary N) is 1. The summed E-state index contributed by atoms with van der Waals surface area (Å²) in [5.74, 6) is -3.93. The van der Waals surface area contributed by atoms with Crippen LogP contribution in [-0.4, -0.2) is 64.2 Å². The topological polar surface area (TPSA) is 121 Å². The molecule has 0 aliphatic carbocycles. The van der Waals surface area contributed by atoms with Gasteiger partial charge in [-0.25, -0.2) is 9.59 Å². The summed E-state index contributed by atoms with van der Waals surface area (Å²) < 4.78 is 25.5. The molecule has 3 rings (SSSR count). The van der Waals surface area contributed by atoms with E-state index in [9.17, 15) is 14.4 Å². The molecule has 9 nitrogen and oxygen atoms in total. The standard InChI is InChI=1S/C24H21Cl4NO8/c1-13-17(35-20(31)14-8-4-2-5-9-14)18(36-21(32)15-10-6-3-7-11-15)19(34-16(30)12-25)22(33-13)37-23(29)24(26,27)28/h2-11,13,17-19,22,29H,12H2,1H3/t13-,17-,18+,19+,22-/m0/s1. The van der Waals surface area contributed by atoms with Crippen LogP contribution < -0.4 is 0 Å². The van der Waals surface area contributed by atoms with Crippen LogP contribution in [0.2, 0.25) is 0 Å². The Bertz CT molecular complexity index is 1110. The predicted molar refractivity (Wildman–Crippen MR) is 135 cm³/mol. The van der Waals surface area contributed by atoms with Crippen LogP contribution in [0.25, 0.3) is 0 Å². The average Bonchev–Trinajstić information content (AvgIpc) is 2.88. The number of hydrogen-bond acceptors (Lipinski definition) is 9. The van der Waals surface area contributed by atoms with Crippen LogP contribution in [0.1, 0.15) is 27.6 Å². The van der Waals surface area contributed by atoms with Crippen LogP contribution in [0.4, 0.5) is 0 Å². The van der Waals surface area contributed by atoms with Gasteiger partial charge in [-0.05, 0) is 31.2 Å². The lowest BCUT2D eigenvalue weighted by Gasteiger charge is -2.43. The Labute approximate surface area is 232 Å². The Balaban J connectivity index is 1.99. The monoisotopic (exact) mass is 591 g/mol. The van der Waals surface area contributed by atoms with Crippen molar-refractivity contribution in [1.82, 2.24) is 0 Å². The fourth-order valence-electron chi connectivity index (χ4n) is 3.39. The number of benzene rings is 2. The number of ether oxygens (including phenoxy) is 5. The molecule has 1 aliphatic heterocycles. The molecule has 1 N–H and O–H groups in total. The van der Waals surface area contributed by atoms with E-state index in [1.807, 2.05) is 0 Å². The fraction of sp³-hybridized carbons (Fsp3) is 0.333. The fourth-order valence-corrected chi connectivity index (χ4v) is 3.58. The van der Waals surface area contributed by atoms with Crippen molar-refractivity contribution in [2.75, 3.05) is 5.88 Å². The minimum atomic E-state index is -2.28. The molecular formula is C24H21Cl4NO8. The van der Waals surface area contributed by atoms with Gasteiger partial charge in [0.25, 0.3) is 3.79 Å². The van der Waals surface area contributed by atoms with Gasteiger partial charge in [0.05, 0.1) is 17.2 Å². The van der Waals surface area contributed by atoms with Crippen molar-refractivity contribution < 1.29 is 38.1 Å². The lowest BCUT2D eigenvalue weighted by Crippen LogP contribution is -2.62. The third-order valence-corrected chi connectivity index (χ3v) is 5.83. The first-order valence-electron chi connectivity index (χ1n) is 10.8. The van der Waals surface area contributed by atoms with E-state index in [1.54, 1.807) is 36.4 Å². The molecule has 0 unspecified atom stereocenters. The van der Waals surface area contributed by atoms with Gasteiger partial charge in [-0.3, -0.25) is 10.2 Å². The van der Waals surface area contributed by atoms with E-state index < -0.39 is 64.2 Å². The molecule has 0 radical (unpaired) electrons. The Morgan fingerprint density at radius 1 is 0.811 bits per heavy atom. The van der Waals surface area contributed by atoms with Gasteiger partial charge in [0, 0.05) is 0 Å². The van der Waals surface area contributed by atoms with Crippen LogP contribution in [0.3, 0.4) is 0 Å². The van der Waals surface area contributed by atoms with Crippen molar-refractivity contribution in [1.29, 1.82) is 5.41 Å². The molecule has 37 heavy (non-hydrogen) atoms. The van der Waals surface area contributed by atoms with Gasteiger partial charge in [0.15, 0.2) is 12.2 Å². The van der Waals surface area contributed by atoms with E-state index in [1.165, 1.54) is 31.2 Å². The first-order valence-corrected chi connectivity index (χ1v) is 12.4. The van der Waals surface area contributed by atoms with Gasteiger partial charge in [-0.1, -0.05) is 71.2 Å². The quantitative estimate of drug-likeness (QED) is 0.161. The second-order valence-electron chi connectivity index (χ2n) is 7.71. The van der Waals surface area contributed by atoms with Gasteiger partial charge >= 0.3 is 17.9 Å². The van der Waals surface area contributed by atoms with Crippen molar-refractivity contribution in [2.24, 2.45) is 0 Å². The molecule has 1 aliphatic rings. The summed E-state index contributed by atoms with van der Waals surface area (Å²) in [6.07, 6.45) is -6.91. The molecule has 5 atom stereocenters. The predicted octanol–water partition coefficient (Wildman–Crippen LogP) is 4.70. The molecule has 1 saturated heterocycles. The summed E-state index contributed by atoms with van der Waals surface area (Å²) in [5.41, 5.74) is 0.386. The molecule has 1 heterocycles. The number of hydrogen-bond donors (Lipinski definition) is 1. The Hall–Kier alpha value is -2.56. The van der Waals surface area contributed by atoms with Crippen molar-refractivity contribution in [3.8, 4) is 0 Å². The molecule has 0 bridgehead atoms. The Morgan fingerprint density at radius 2 is 1.30 bits per heavy atom. The zero-order valence-electron chi connectivity index (χ0n) is 19.1. The molecule has 0 aromatic heterocycles. The molecular weight excluding hydrogens is 572 g/mol. The maximum Gasteiger partial charge on any atom is 0.338 e. The molecule has 2 aromatic rings. The van der Waals surface area contributed by atoms with Crippen LogP contribution in [0, 0.1) is 5.41 Å². The highest BCUT2D eigenvalue weighted by Crippen LogP contribution is 2.34. The number of esters is 3. The number of alkyl halides is 4. The normalized spacial score (nSPS) is 23.4. The molecule has 13 heteroatoms. The van der Waals surface area contributed by atoms with Crippen LogP contribution >= 0.6 is 46.4 Å². The van der Waals surface area contributed by atoms with E-state index in [4.69, 9.17) is 75.5 Å². The third kappa shape index (κ3) is 7.72. The molecule has 198 valence electrons. The average molecular weight is 593 g/mol. The minimum absolute atomic E-state index is 0.170. The summed E-state index contributed by atoms with van der Waals surface area (Å²) in [7, 11) is 0. The lowest BCUT2D eigenvalue weighted by molar-refractivity contribution is -0.276. The Morgan fingerprint density at radius 3 is 1.76 bits per heavy atom. The highest BCUT2D eigenvalue weighted by Gasteiger charge is 2.53. The van der Waals surface area contributed by atoms with Crippen molar-refractivity contribution >= 4 is 70.2 Å². The molecule has 0 saturated carbocycles. The second kappa shape index (κ2) is 12.8. The maximum absolute atomic E-state index is 13.0. The lowest BCUT2D eigenvalue weighted by atomic mass is 9.98. The third-order valence-electron chi connectivity index (χ3n) is 5.10. The van der Waals surface area contributed by atoms with Gasteiger partial charge in [0.1, 0.15) is 5.88 Å². The van der Waals surface area contributed by atoms with Crippen molar-refractivity contribution in [3.63, 3.8) is 0 Å². The zero-order chi connectivity index (χ0) is 27.2. The Kier molecular flexibility index (Phi) is 10.0. The summed E-state index contributed by atoms with van der Waals surface area (Å²) in [5, 5.41) is 7.92. The highest BCUT2D eigenvalue weighted by molar-refractivity contribution is 6.76. The maximum atomic E-state index is 13.0. The van der Waals surface area contributed by atoms with Crippen molar-refractivity contribution in [2.45, 2.75) is 41.4 Å². The minimum Gasteiger partial charge on any atom is -0.452 e. The molecule has 0 spiro atoms. The summed E-state index contributed by atoms with van der Waals surface area (Å²) in [6, 6.07) is 16.0. The van der Waals surface area contributed by atoms with Gasteiger partial charge in [0.2, 0.25) is 18.3 Å². The van der Waals surface area contributed by atoms with Crippen molar-refractivity contribution in [3.05, 3.63) is 71.8 Å². The molecule has 0 amide bonds. The largest absolute Gasteiger partial charge is 0.452 e. The molecule has 1 fully saturated rings.